The zero-order chi connectivity index (χ0) is 8.11. The van der Waals surface area contributed by atoms with E-state index in [9.17, 15) is 8.78 Å². The van der Waals surface area contributed by atoms with Gasteiger partial charge in [-0.05, 0) is 5.41 Å². The van der Waals surface area contributed by atoms with Crippen LogP contribution in [0.1, 0.15) is 12.8 Å². The Balaban J connectivity index is 1.89. The minimum atomic E-state index is -2.42. The van der Waals surface area contributed by atoms with Crippen molar-refractivity contribution >= 4 is 6.71 Å². The largest absolute Gasteiger partial charge is 0.268 e. The summed E-state index contributed by atoms with van der Waals surface area (Å²) in [5, 5.41) is 8.43. The van der Waals surface area contributed by atoms with Crippen LogP contribution in [-0.4, -0.2) is 12.6 Å². The van der Waals surface area contributed by atoms with E-state index < -0.39 is 5.92 Å². The van der Waals surface area contributed by atoms with Crippen LogP contribution in [0.3, 0.4) is 0 Å². The smallest absolute Gasteiger partial charge is 0.213 e. The zero-order valence-electron chi connectivity index (χ0n) is 6.11. The highest BCUT2D eigenvalue weighted by Crippen LogP contribution is 2.63. The van der Waals surface area contributed by atoms with Crippen LogP contribution in [0, 0.1) is 16.6 Å². The van der Waals surface area contributed by atoms with Crippen LogP contribution in [-0.2, 0) is 0 Å². The zero-order valence-corrected chi connectivity index (χ0v) is 6.11. The van der Waals surface area contributed by atoms with Crippen molar-refractivity contribution < 1.29 is 8.78 Å². The van der Waals surface area contributed by atoms with Gasteiger partial charge >= 0.3 is 0 Å². The molecular formula is C7H8BF2N. The Bertz CT molecular complexity index is 217. The van der Waals surface area contributed by atoms with E-state index in [2.05, 4.69) is 5.97 Å². The van der Waals surface area contributed by atoms with Crippen LogP contribution in [0.5, 0.6) is 0 Å². The third-order valence-corrected chi connectivity index (χ3v) is 2.81. The van der Waals surface area contributed by atoms with E-state index in [0.29, 0.717) is 12.6 Å². The van der Waals surface area contributed by atoms with E-state index in [4.69, 9.17) is 5.26 Å². The van der Waals surface area contributed by atoms with Gasteiger partial charge in [-0.3, -0.25) is 0 Å². The Morgan fingerprint density at radius 1 is 1.27 bits per heavy atom. The molecule has 1 heterocycles. The molecule has 0 aromatic rings. The number of nitriles is 1. The van der Waals surface area contributed by atoms with Crippen molar-refractivity contribution in [2.24, 2.45) is 5.41 Å². The summed E-state index contributed by atoms with van der Waals surface area (Å²) >= 11 is 0. The lowest BCUT2D eigenvalue weighted by atomic mass is 9.23. The maximum absolute atomic E-state index is 12.4. The van der Waals surface area contributed by atoms with Crippen molar-refractivity contribution in [3.63, 3.8) is 0 Å². The predicted octanol–water partition coefficient (Wildman–Crippen LogP) is 1.97. The van der Waals surface area contributed by atoms with Crippen molar-refractivity contribution in [1.29, 1.82) is 5.26 Å². The second kappa shape index (κ2) is 1.77. The van der Waals surface area contributed by atoms with Gasteiger partial charge in [0.2, 0.25) is 5.92 Å². The van der Waals surface area contributed by atoms with E-state index in [1.807, 2.05) is 0 Å². The second-order valence-electron chi connectivity index (χ2n) is 3.94. The van der Waals surface area contributed by atoms with E-state index in [1.54, 1.807) is 0 Å². The molecule has 11 heavy (non-hydrogen) atoms. The van der Waals surface area contributed by atoms with E-state index in [-0.39, 0.29) is 25.0 Å². The van der Waals surface area contributed by atoms with Gasteiger partial charge < -0.3 is 0 Å². The molecular weight excluding hydrogens is 147 g/mol. The van der Waals surface area contributed by atoms with Crippen molar-refractivity contribution in [3.05, 3.63) is 0 Å². The fourth-order valence-electron chi connectivity index (χ4n) is 2.41. The van der Waals surface area contributed by atoms with E-state index in [1.165, 1.54) is 0 Å². The lowest BCUT2D eigenvalue weighted by molar-refractivity contribution is -0.152. The first-order valence-corrected chi connectivity index (χ1v) is 3.83. The lowest BCUT2D eigenvalue weighted by Crippen LogP contribution is -2.55. The van der Waals surface area contributed by atoms with Crippen molar-refractivity contribution in [1.82, 2.24) is 0 Å². The maximum atomic E-state index is 12.4. The molecule has 0 N–H and O–H groups in total. The van der Waals surface area contributed by atoms with Gasteiger partial charge in [0.15, 0.2) is 0 Å². The molecule has 0 aromatic carbocycles. The number of alkyl halides is 2. The molecule has 1 saturated carbocycles. The molecule has 58 valence electrons. The number of nitrogens with zero attached hydrogens (tertiary/aromatic N) is 1. The normalized spacial score (nSPS) is 30.5. The molecule has 1 nitrogen and oxygen atoms in total. The first-order chi connectivity index (χ1) is 5.05. The molecule has 2 fully saturated rings. The van der Waals surface area contributed by atoms with Crippen LogP contribution < -0.4 is 0 Å². The Labute approximate surface area is 64.5 Å². The third-order valence-electron chi connectivity index (χ3n) is 2.81. The second-order valence-corrected chi connectivity index (χ2v) is 3.94. The first kappa shape index (κ1) is 7.09. The van der Waals surface area contributed by atoms with Crippen LogP contribution >= 0.6 is 0 Å². The summed E-state index contributed by atoms with van der Waals surface area (Å²) in [4.78, 5) is 0. The summed E-state index contributed by atoms with van der Waals surface area (Å²) in [5.74, 6) is -0.309. The summed E-state index contributed by atoms with van der Waals surface area (Å²) in [6.45, 7) is 0.0612. The van der Waals surface area contributed by atoms with Gasteiger partial charge in [0.25, 0.3) is 6.71 Å². The summed E-state index contributed by atoms with van der Waals surface area (Å²) in [5.41, 5.74) is -0.121. The topological polar surface area (TPSA) is 23.8 Å². The van der Waals surface area contributed by atoms with Crippen molar-refractivity contribution in [3.8, 4) is 5.97 Å². The third kappa shape index (κ3) is 0.944. The molecule has 1 saturated heterocycles. The minimum Gasteiger partial charge on any atom is -0.213 e. The van der Waals surface area contributed by atoms with Crippen LogP contribution in [0.4, 0.5) is 8.78 Å². The van der Waals surface area contributed by atoms with Crippen LogP contribution in [0.2, 0.25) is 12.6 Å². The molecule has 1 spiro atoms. The quantitative estimate of drug-likeness (QED) is 0.490. The first-order valence-electron chi connectivity index (χ1n) is 3.83. The van der Waals surface area contributed by atoms with Crippen molar-refractivity contribution in [2.45, 2.75) is 31.4 Å². The highest BCUT2D eigenvalue weighted by atomic mass is 19.3. The molecule has 4 heteroatoms. The van der Waals surface area contributed by atoms with Crippen LogP contribution in [0.25, 0.3) is 0 Å². The van der Waals surface area contributed by atoms with E-state index in [0.717, 1.165) is 0 Å². The van der Waals surface area contributed by atoms with Gasteiger partial charge in [-0.2, -0.15) is 0 Å². The summed E-state index contributed by atoms with van der Waals surface area (Å²) in [7, 11) is 0. The standard InChI is InChI=1S/C7H8BF2N/c9-7(10)1-6(2-7)3-8(4-6)5-11/h1-4H2. The predicted molar refractivity (Wildman–Crippen MR) is 37.6 cm³/mol. The molecule has 0 radical (unpaired) electrons. The Morgan fingerprint density at radius 3 is 2.18 bits per heavy atom. The summed E-state index contributed by atoms with van der Waals surface area (Å²) < 4.78 is 24.8. The molecule has 0 aromatic heterocycles. The van der Waals surface area contributed by atoms with E-state index >= 15 is 0 Å². The molecule has 2 aliphatic rings. The molecule has 0 unspecified atom stereocenters. The van der Waals surface area contributed by atoms with Gasteiger partial charge in [-0.15, -0.1) is 0 Å². The summed E-state index contributed by atoms with van der Waals surface area (Å²) in [6.07, 6.45) is 1.47. The highest BCUT2D eigenvalue weighted by Gasteiger charge is 2.62. The summed E-state index contributed by atoms with van der Waals surface area (Å²) in [6, 6.07) is 0. The number of halogens is 2. The van der Waals surface area contributed by atoms with Gasteiger partial charge in [0.1, 0.15) is 0 Å². The van der Waals surface area contributed by atoms with Crippen molar-refractivity contribution in [2.75, 3.05) is 0 Å². The van der Waals surface area contributed by atoms with Gasteiger partial charge in [-0.25, -0.2) is 14.0 Å². The number of hydrogen-bond acceptors (Lipinski definition) is 1. The minimum absolute atomic E-state index is 0.0260. The SMILES string of the molecule is N#CB1CC2(C1)CC(F)(F)C2. The molecule has 2 rings (SSSR count). The molecule has 1 aliphatic carbocycles. The Kier molecular flexibility index (Phi) is 1.14. The lowest BCUT2D eigenvalue weighted by Gasteiger charge is -2.54. The fourth-order valence-corrected chi connectivity index (χ4v) is 2.41. The van der Waals surface area contributed by atoms with Gasteiger partial charge in [0, 0.05) is 18.8 Å². The molecule has 0 amide bonds. The number of rotatable bonds is 0. The number of hydrogen-bond donors (Lipinski definition) is 0. The highest BCUT2D eigenvalue weighted by molar-refractivity contribution is 6.70. The average Bonchev–Trinajstić information content (AvgIpc) is 1.75. The van der Waals surface area contributed by atoms with Gasteiger partial charge in [-0.1, -0.05) is 12.6 Å². The molecule has 1 aliphatic heterocycles. The fraction of sp³-hybridized carbons (Fsp3) is 0.857. The van der Waals surface area contributed by atoms with Crippen LogP contribution in [0.15, 0.2) is 0 Å². The van der Waals surface area contributed by atoms with Gasteiger partial charge in [0.05, 0.1) is 0 Å². The average molecular weight is 155 g/mol. The Hall–Kier alpha value is -0.585. The molecule has 0 bridgehead atoms. The Morgan fingerprint density at radius 2 is 1.82 bits per heavy atom. The molecule has 0 atom stereocenters. The monoisotopic (exact) mass is 155 g/mol. The maximum Gasteiger partial charge on any atom is 0.268 e.